The largest absolute Gasteiger partial charge is 0.444 e. The monoisotopic (exact) mass is 1450 g/mol. The number of fused-ring (bicyclic) bond motifs is 4. The number of nitrogens with one attached hydrogen (secondary N) is 2. The first kappa shape index (κ1) is 62.0. The molecule has 16 nitrogen and oxygen atoms in total. The summed E-state index contributed by atoms with van der Waals surface area (Å²) < 4.78 is 152. The lowest BCUT2D eigenvalue weighted by Gasteiger charge is -2.46. The quantitative estimate of drug-likeness (QED) is 0.0664. The maximum Gasteiger partial charge on any atom is 0.408 e. The minimum atomic E-state index is -2.88. The number of nitrogens with zero attached hydrogens (tertiary/aromatic N) is 2. The SMILES string of the molecule is CC(C)(C)OC(=O)N[C@H]1CC[C@H](O)c2ccccc21.O=CC[C@@]1(c2ccccn2)CCOC2(CCCC2)C1.[2H]C([2H])([2H])C([2H])([2H])O[C@H]1CC[C@H](CCC[C@@]2(c3ccccn3)CCOC3(CCCC3)C2)c2ccccc21.[2H]C([2H])([2H])C([2H])([2H])O[C@H]1CC[C@H](N)c2ccccc21.[2H]C([2H])([2H])C([2H])([2H])O[C@H]1CC[C@H](NC(=O)OC(C)(C)C)c2ccccc21. The normalized spacial score (nSPS) is 28.9. The Kier molecular flexibility index (Phi) is 22.3. The molecule has 0 radical (unpaired) electrons. The van der Waals surface area contributed by atoms with E-state index in [2.05, 4.69) is 39.9 Å². The van der Waals surface area contributed by atoms with Gasteiger partial charge in [-0.15, -0.1) is 0 Å². The zero-order valence-electron chi connectivity index (χ0n) is 77.4. The second-order valence-corrected chi connectivity index (χ2v) is 31.8. The summed E-state index contributed by atoms with van der Waals surface area (Å²) in [4.78, 5) is 44.5. The Balaban J connectivity index is 0.000000162. The van der Waals surface area contributed by atoms with Crippen molar-refractivity contribution in [3.63, 3.8) is 0 Å². The van der Waals surface area contributed by atoms with Gasteiger partial charge in [-0.25, -0.2) is 9.59 Å². The third-order valence-electron chi connectivity index (χ3n) is 22.3. The number of ether oxygens (including phenoxy) is 7. The standard InChI is InChI=1S/C29H39NO2.C17H25NO3.C16H21NO2.C15H21NO3.C12H17NO/c1-2-31-26-15-14-23(24-11-3-4-12-25(24)26)10-9-16-28(27-13-5-8-20-30-27)19-21-32-29(22-28)17-6-7-18-29;1-5-20-15-11-10-14(12-8-6-7-9-13(12)15)18-16(19)21-17(2,3)4;18-11-8-15(14-5-1-4-10-17-14)9-12-19-16(13-15)6-2-3-7-16;1-15(2,3)19-14(18)16-12-8-9-13(17)11-7-5-4-6-10(11)12;1-2-14-12-8-7-11(13)9-5-3-4-6-10(9)12/h3-5,8,11-13,20,23,26H,2,6-7,9-10,14-19,21-22H2,1H3;6-9,14-15H,5,10-11H2,1-4H3,(H,18,19);1,4-5,10-11H,2-3,6-9,12-13H2;4-7,12-13,17H,8-9H2,1-3H3,(H,16,18);3-6,11-12H,2,7-8,13H2,1H3/t23-,26-,28+;14-,15-;15-;12-,13-;11-,12-/m00100/s1/i1D3,2D2;1D3,5D2;;;1D3,2D2. The molecule has 6 aromatic rings. The summed E-state index contributed by atoms with van der Waals surface area (Å²) in [7, 11) is 0. The molecule has 14 rings (SSSR count). The van der Waals surface area contributed by atoms with Crippen molar-refractivity contribution in [2.45, 2.75) is 298 Å². The summed E-state index contributed by atoms with van der Waals surface area (Å²) in [5.41, 5.74) is 14.2. The van der Waals surface area contributed by atoms with Crippen LogP contribution in [-0.2, 0) is 48.8 Å². The van der Waals surface area contributed by atoms with E-state index in [0.29, 0.717) is 56.4 Å². The number of carbonyl (C=O) groups is 3. The van der Waals surface area contributed by atoms with Gasteiger partial charge in [0.15, 0.2) is 0 Å². The molecular weight excluding hydrogens is 1320 g/mol. The van der Waals surface area contributed by atoms with Crippen LogP contribution in [0.5, 0.6) is 0 Å². The average molecular weight is 1450 g/mol. The van der Waals surface area contributed by atoms with Gasteiger partial charge in [0.25, 0.3) is 0 Å². The lowest BCUT2D eigenvalue weighted by atomic mass is 9.66. The van der Waals surface area contributed by atoms with Crippen LogP contribution >= 0.6 is 0 Å². The number of aldehydes is 1. The van der Waals surface area contributed by atoms with E-state index >= 15 is 0 Å². The van der Waals surface area contributed by atoms with E-state index in [-0.39, 0.29) is 40.2 Å². The van der Waals surface area contributed by atoms with Crippen LogP contribution in [0.1, 0.15) is 341 Å². The molecule has 2 saturated carbocycles. The van der Waals surface area contributed by atoms with Crippen molar-refractivity contribution in [3.05, 3.63) is 202 Å². The molecule has 2 aliphatic heterocycles. The van der Waals surface area contributed by atoms with Gasteiger partial charge in [-0.05, 0) is 252 Å². The summed E-state index contributed by atoms with van der Waals surface area (Å²) in [5.74, 6) is 0.357. The molecule has 4 aromatic carbocycles. The minimum Gasteiger partial charge on any atom is -0.444 e. The molecule has 2 saturated heterocycles. The van der Waals surface area contributed by atoms with Crippen molar-refractivity contribution in [2.24, 2.45) is 5.73 Å². The number of pyridine rings is 2. The van der Waals surface area contributed by atoms with Crippen molar-refractivity contribution in [1.29, 1.82) is 0 Å². The van der Waals surface area contributed by atoms with Gasteiger partial charge in [-0.1, -0.05) is 141 Å². The Labute approximate surface area is 648 Å². The van der Waals surface area contributed by atoms with Crippen LogP contribution in [0.4, 0.5) is 9.59 Å². The van der Waals surface area contributed by atoms with Gasteiger partial charge in [0.2, 0.25) is 0 Å². The highest BCUT2D eigenvalue weighted by molar-refractivity contribution is 5.69. The maximum absolute atomic E-state index is 12.1. The highest BCUT2D eigenvalue weighted by atomic mass is 16.6. The van der Waals surface area contributed by atoms with E-state index in [9.17, 15) is 19.5 Å². The molecule has 2 spiro atoms. The molecule has 2 amide bonds. The first-order chi connectivity index (χ1) is 56.3. The number of rotatable bonds is 16. The van der Waals surface area contributed by atoms with E-state index in [1.165, 1.54) is 36.9 Å². The zero-order chi connectivity index (χ0) is 87.4. The molecule has 0 bridgehead atoms. The molecule has 570 valence electrons. The Hall–Kier alpha value is -6.89. The molecule has 0 unspecified atom stereocenters. The van der Waals surface area contributed by atoms with Crippen LogP contribution in [0.15, 0.2) is 146 Å². The highest BCUT2D eigenvalue weighted by Crippen LogP contribution is 2.53. The second-order valence-electron chi connectivity index (χ2n) is 31.8. The Morgan fingerprint density at radius 2 is 0.943 bits per heavy atom. The van der Waals surface area contributed by atoms with Crippen LogP contribution in [0.2, 0.25) is 0 Å². The van der Waals surface area contributed by atoms with Gasteiger partial charge >= 0.3 is 12.2 Å². The van der Waals surface area contributed by atoms with Crippen molar-refractivity contribution >= 4 is 18.5 Å². The fraction of sp³-hybridized carbons (Fsp3) is 0.584. The van der Waals surface area contributed by atoms with Crippen LogP contribution < -0.4 is 16.4 Å². The summed E-state index contributed by atoms with van der Waals surface area (Å²) >= 11 is 0. The molecule has 5 N–H and O–H groups in total. The fourth-order valence-electron chi connectivity index (χ4n) is 17.6. The first-order valence-electron chi connectivity index (χ1n) is 45.7. The molecular formula is C89H123N5O11. The van der Waals surface area contributed by atoms with Crippen molar-refractivity contribution in [3.8, 4) is 0 Å². The number of hydrogen-bond donors (Lipinski definition) is 4. The van der Waals surface area contributed by atoms with Crippen LogP contribution in [0, 0.1) is 0 Å². The topological polar surface area (TPSA) is 212 Å². The number of aliphatic hydroxyl groups is 1. The molecule has 4 heterocycles. The fourth-order valence-corrected chi connectivity index (χ4v) is 17.6. The van der Waals surface area contributed by atoms with E-state index in [1.54, 1.807) is 32.9 Å². The number of amides is 2. The van der Waals surface area contributed by atoms with Gasteiger partial charge in [0.1, 0.15) is 17.5 Å². The molecule has 4 fully saturated rings. The van der Waals surface area contributed by atoms with Crippen molar-refractivity contribution in [2.75, 3.05) is 32.9 Å². The molecule has 8 aliphatic rings. The number of benzene rings is 4. The smallest absolute Gasteiger partial charge is 0.408 e. The summed E-state index contributed by atoms with van der Waals surface area (Å²) in [5, 5.41) is 15.7. The number of nitrogens with two attached hydrogens (primary N) is 1. The van der Waals surface area contributed by atoms with E-state index < -0.39 is 88.0 Å². The number of hydrogen-bond acceptors (Lipinski definition) is 14. The van der Waals surface area contributed by atoms with Crippen molar-refractivity contribution in [1.82, 2.24) is 20.6 Å². The molecule has 6 aliphatic carbocycles. The number of carbonyl (C=O) groups excluding carboxylic acids is 3. The van der Waals surface area contributed by atoms with Gasteiger partial charge in [-0.3, -0.25) is 9.97 Å². The van der Waals surface area contributed by atoms with Gasteiger partial charge in [0, 0.05) is 92.3 Å². The van der Waals surface area contributed by atoms with Gasteiger partial charge < -0.3 is 59.4 Å². The number of aliphatic hydroxyl groups excluding tert-OH is 1. The Bertz CT molecular complexity index is 4310. The van der Waals surface area contributed by atoms with E-state index in [1.807, 2.05) is 130 Å². The average Bonchev–Trinajstić information content (AvgIpc) is 1.43. The lowest BCUT2D eigenvalue weighted by molar-refractivity contribution is -0.118. The minimum absolute atomic E-state index is 0.0127. The lowest BCUT2D eigenvalue weighted by Crippen LogP contribution is -2.46. The first-order valence-corrected chi connectivity index (χ1v) is 38.2. The summed E-state index contributed by atoms with van der Waals surface area (Å²) in [6, 6.07) is 42.1. The predicted octanol–water partition coefficient (Wildman–Crippen LogP) is 20.1. The molecule has 16 heteroatoms. The predicted molar refractivity (Wildman–Crippen MR) is 414 cm³/mol. The third kappa shape index (κ3) is 21.7. The summed E-state index contributed by atoms with van der Waals surface area (Å²) in [6.07, 6.45) is 23.8. The van der Waals surface area contributed by atoms with Crippen LogP contribution in [0.25, 0.3) is 0 Å². The van der Waals surface area contributed by atoms with E-state index in [4.69, 9.17) is 64.4 Å². The Morgan fingerprint density at radius 3 is 1.44 bits per heavy atom. The second kappa shape index (κ2) is 37.8. The third-order valence-corrected chi connectivity index (χ3v) is 22.3. The van der Waals surface area contributed by atoms with E-state index in [0.717, 1.165) is 142 Å². The number of aromatic nitrogens is 2. The Morgan fingerprint density at radius 1 is 0.533 bits per heavy atom. The molecule has 10 atom stereocenters. The highest BCUT2D eigenvalue weighted by Gasteiger charge is 2.50. The van der Waals surface area contributed by atoms with Crippen LogP contribution in [-0.4, -0.2) is 88.8 Å². The summed E-state index contributed by atoms with van der Waals surface area (Å²) in [6.45, 7) is -4.19. The van der Waals surface area contributed by atoms with Gasteiger partial charge in [-0.2, -0.15) is 0 Å². The van der Waals surface area contributed by atoms with Gasteiger partial charge in [0.05, 0.1) is 55.9 Å². The van der Waals surface area contributed by atoms with Crippen molar-refractivity contribution < 1.29 is 73.2 Å². The zero-order valence-corrected chi connectivity index (χ0v) is 62.4. The van der Waals surface area contributed by atoms with Crippen LogP contribution in [0.3, 0.4) is 0 Å². The number of alkyl carbamates (subject to hydrolysis) is 2. The maximum atomic E-state index is 12.1. The molecule has 2 aromatic heterocycles. The molecule has 105 heavy (non-hydrogen) atoms.